The number of nitrogens with zero attached hydrogens (tertiary/aromatic N) is 3. The van der Waals surface area contributed by atoms with Gasteiger partial charge in [0.1, 0.15) is 5.75 Å². The van der Waals surface area contributed by atoms with Gasteiger partial charge in [0.25, 0.3) is 5.56 Å². The molecule has 0 saturated carbocycles. The van der Waals surface area contributed by atoms with Crippen LogP contribution in [-0.4, -0.2) is 83.5 Å². The van der Waals surface area contributed by atoms with E-state index >= 15 is 0 Å². The Morgan fingerprint density at radius 2 is 1.64 bits per heavy atom. The van der Waals surface area contributed by atoms with Crippen molar-refractivity contribution in [1.82, 2.24) is 14.5 Å². The fourth-order valence-electron chi connectivity index (χ4n) is 3.71. The Hall–Kier alpha value is -3.90. The molecule has 0 aliphatic carbocycles. The Labute approximate surface area is 208 Å². The number of carboxylic acids is 2. The summed E-state index contributed by atoms with van der Waals surface area (Å²) in [6, 6.07) is 8.07. The van der Waals surface area contributed by atoms with Gasteiger partial charge >= 0.3 is 17.6 Å². The van der Waals surface area contributed by atoms with E-state index in [2.05, 4.69) is 20.9 Å². The molecule has 0 unspecified atom stereocenters. The summed E-state index contributed by atoms with van der Waals surface area (Å²) < 4.78 is 11.7. The first kappa shape index (κ1) is 28.3. The van der Waals surface area contributed by atoms with Crippen molar-refractivity contribution in [1.29, 1.82) is 0 Å². The average Bonchev–Trinajstić information content (AvgIpc) is 2.87. The predicted octanol–water partition coefficient (Wildman–Crippen LogP) is 0.616. The largest absolute Gasteiger partial charge is 0.495 e. The van der Waals surface area contributed by atoms with Gasteiger partial charge in [-0.1, -0.05) is 12.1 Å². The predicted molar refractivity (Wildman–Crippen MR) is 133 cm³/mol. The Morgan fingerprint density at radius 1 is 1.00 bits per heavy atom. The number of H-pyrrole nitrogens is 1. The first-order valence-corrected chi connectivity index (χ1v) is 11.3. The zero-order valence-corrected chi connectivity index (χ0v) is 20.4. The van der Waals surface area contributed by atoms with Gasteiger partial charge in [0.05, 0.1) is 25.0 Å². The van der Waals surface area contributed by atoms with Crippen molar-refractivity contribution in [2.75, 3.05) is 51.8 Å². The van der Waals surface area contributed by atoms with Gasteiger partial charge in [0.2, 0.25) is 0 Å². The lowest BCUT2D eigenvalue weighted by molar-refractivity contribution is -0.134. The van der Waals surface area contributed by atoms with Crippen molar-refractivity contribution < 1.29 is 29.3 Å². The van der Waals surface area contributed by atoms with E-state index in [9.17, 15) is 19.2 Å². The molecule has 1 saturated heterocycles. The SMILES string of the molecule is COCc1c[nH]c(=O)n(CCCN2CCN(c3ccccc3OC)CC2)c1=O.O=C(O)/C=C/C(=O)O. The normalized spacial score (nSPS) is 13.8. The molecule has 0 spiro atoms. The molecule has 3 rings (SSSR count). The summed E-state index contributed by atoms with van der Waals surface area (Å²) >= 11 is 0. The number of aliphatic carboxylic acids is 2. The third kappa shape index (κ3) is 8.71. The zero-order valence-electron chi connectivity index (χ0n) is 20.4. The molecule has 2 heterocycles. The van der Waals surface area contributed by atoms with Crippen LogP contribution in [0.25, 0.3) is 0 Å². The Kier molecular flexibility index (Phi) is 11.4. The van der Waals surface area contributed by atoms with E-state index in [4.69, 9.17) is 19.7 Å². The second-order valence-corrected chi connectivity index (χ2v) is 7.87. The van der Waals surface area contributed by atoms with Crippen LogP contribution in [0.1, 0.15) is 12.0 Å². The van der Waals surface area contributed by atoms with E-state index in [-0.39, 0.29) is 17.9 Å². The van der Waals surface area contributed by atoms with Gasteiger partial charge in [-0.25, -0.2) is 14.4 Å². The third-order valence-electron chi connectivity index (χ3n) is 5.46. The molecule has 12 nitrogen and oxygen atoms in total. The van der Waals surface area contributed by atoms with Gasteiger partial charge in [-0.15, -0.1) is 0 Å². The smallest absolute Gasteiger partial charge is 0.328 e. The highest BCUT2D eigenvalue weighted by molar-refractivity contribution is 5.89. The molecule has 1 aliphatic heterocycles. The summed E-state index contributed by atoms with van der Waals surface area (Å²) in [5, 5.41) is 15.6. The number of aromatic nitrogens is 2. The number of nitrogens with one attached hydrogen (secondary N) is 1. The highest BCUT2D eigenvalue weighted by Crippen LogP contribution is 2.28. The molecular formula is C24H32N4O8. The first-order valence-electron chi connectivity index (χ1n) is 11.3. The van der Waals surface area contributed by atoms with Crippen LogP contribution in [0, 0.1) is 0 Å². The fourth-order valence-corrected chi connectivity index (χ4v) is 3.71. The van der Waals surface area contributed by atoms with Gasteiger partial charge < -0.3 is 29.6 Å². The van der Waals surface area contributed by atoms with Crippen LogP contribution < -0.4 is 20.9 Å². The summed E-state index contributed by atoms with van der Waals surface area (Å²) in [5.74, 6) is -1.62. The summed E-state index contributed by atoms with van der Waals surface area (Å²) in [6.45, 7) is 5.16. The maximum Gasteiger partial charge on any atom is 0.328 e. The minimum Gasteiger partial charge on any atom is -0.495 e. The van der Waals surface area contributed by atoms with E-state index in [1.807, 2.05) is 18.2 Å². The summed E-state index contributed by atoms with van der Waals surface area (Å²) in [7, 11) is 3.22. The van der Waals surface area contributed by atoms with Crippen LogP contribution in [0.15, 0.2) is 52.2 Å². The van der Waals surface area contributed by atoms with Crippen LogP contribution in [-0.2, 0) is 27.5 Å². The summed E-state index contributed by atoms with van der Waals surface area (Å²) in [6.07, 6.45) is 3.29. The van der Waals surface area contributed by atoms with Crippen molar-refractivity contribution in [3.05, 3.63) is 69.0 Å². The standard InChI is InChI=1S/C20H28N4O4.C4H4O4/c1-27-15-16-14-21-20(26)24(19(16)25)9-5-8-22-10-12-23(13-11-22)17-6-3-4-7-18(17)28-2;5-3(6)1-2-4(7)8/h3-4,6-7,14H,5,8-13,15H2,1-2H3,(H,21,26);1-2H,(H,5,6)(H,7,8)/b;2-1+. The van der Waals surface area contributed by atoms with Crippen molar-refractivity contribution in [2.24, 2.45) is 0 Å². The van der Waals surface area contributed by atoms with Gasteiger partial charge in [0, 0.05) is 58.2 Å². The number of carboxylic acid groups (broad SMARTS) is 2. The molecule has 1 aromatic carbocycles. The van der Waals surface area contributed by atoms with E-state index in [0.717, 1.165) is 50.6 Å². The topological polar surface area (TPSA) is 154 Å². The summed E-state index contributed by atoms with van der Waals surface area (Å²) in [4.78, 5) is 50.7. The van der Waals surface area contributed by atoms with E-state index < -0.39 is 11.9 Å². The Morgan fingerprint density at radius 3 is 2.22 bits per heavy atom. The average molecular weight is 505 g/mol. The Bertz CT molecular complexity index is 1130. The van der Waals surface area contributed by atoms with Gasteiger partial charge in [-0.2, -0.15) is 0 Å². The number of benzene rings is 1. The maximum atomic E-state index is 12.4. The molecule has 3 N–H and O–H groups in total. The lowest BCUT2D eigenvalue weighted by atomic mass is 10.2. The van der Waals surface area contributed by atoms with Crippen molar-refractivity contribution in [2.45, 2.75) is 19.6 Å². The monoisotopic (exact) mass is 504 g/mol. The molecule has 12 heteroatoms. The number of rotatable bonds is 10. The van der Waals surface area contributed by atoms with Gasteiger partial charge in [0.15, 0.2) is 0 Å². The number of hydrogen-bond donors (Lipinski definition) is 3. The highest BCUT2D eigenvalue weighted by Gasteiger charge is 2.19. The molecule has 1 fully saturated rings. The number of methoxy groups -OCH3 is 2. The van der Waals surface area contributed by atoms with Crippen LogP contribution >= 0.6 is 0 Å². The second-order valence-electron chi connectivity index (χ2n) is 7.87. The number of para-hydroxylation sites is 2. The molecule has 0 amide bonds. The number of carbonyl (C=O) groups is 2. The number of piperazine rings is 1. The molecular weight excluding hydrogens is 472 g/mol. The van der Waals surface area contributed by atoms with E-state index in [0.29, 0.717) is 24.3 Å². The molecule has 36 heavy (non-hydrogen) atoms. The molecule has 0 bridgehead atoms. The highest BCUT2D eigenvalue weighted by atomic mass is 16.5. The third-order valence-corrected chi connectivity index (χ3v) is 5.46. The molecule has 0 radical (unpaired) electrons. The molecule has 1 aromatic heterocycles. The van der Waals surface area contributed by atoms with Crippen molar-refractivity contribution in [3.8, 4) is 5.75 Å². The fraction of sp³-hybridized carbons (Fsp3) is 0.417. The van der Waals surface area contributed by atoms with Crippen LogP contribution in [0.3, 0.4) is 0 Å². The minimum atomic E-state index is -1.26. The zero-order chi connectivity index (χ0) is 26.5. The lowest BCUT2D eigenvalue weighted by Gasteiger charge is -2.36. The molecule has 2 aromatic rings. The van der Waals surface area contributed by atoms with Crippen LogP contribution in [0.4, 0.5) is 5.69 Å². The van der Waals surface area contributed by atoms with Gasteiger partial charge in [-0.3, -0.25) is 14.3 Å². The minimum absolute atomic E-state index is 0.195. The van der Waals surface area contributed by atoms with Crippen molar-refractivity contribution >= 4 is 17.6 Å². The summed E-state index contributed by atoms with van der Waals surface area (Å²) in [5.41, 5.74) is 0.947. The molecule has 0 atom stereocenters. The van der Waals surface area contributed by atoms with E-state index in [1.54, 1.807) is 7.11 Å². The van der Waals surface area contributed by atoms with Crippen LogP contribution in [0.2, 0.25) is 0 Å². The molecule has 196 valence electrons. The number of aromatic amines is 1. The molecule has 1 aliphatic rings. The Balaban J connectivity index is 0.000000493. The number of ether oxygens (including phenoxy) is 2. The number of anilines is 1. The van der Waals surface area contributed by atoms with Crippen molar-refractivity contribution in [3.63, 3.8) is 0 Å². The first-order chi connectivity index (χ1) is 17.3. The maximum absolute atomic E-state index is 12.4. The quantitative estimate of drug-likeness (QED) is 0.392. The van der Waals surface area contributed by atoms with E-state index in [1.165, 1.54) is 17.9 Å². The van der Waals surface area contributed by atoms with Gasteiger partial charge in [-0.05, 0) is 25.1 Å². The lowest BCUT2D eigenvalue weighted by Crippen LogP contribution is -2.47. The second kappa shape index (κ2) is 14.5. The van der Waals surface area contributed by atoms with Crippen LogP contribution in [0.5, 0.6) is 5.75 Å². The number of hydrogen-bond acceptors (Lipinski definition) is 8.